The number of hydrogen-bond donors (Lipinski definition) is 0. The smallest absolute Gasteiger partial charge is 0.143 e. The van der Waals surface area contributed by atoms with Gasteiger partial charge in [0, 0.05) is 56.1 Å². The van der Waals surface area contributed by atoms with Gasteiger partial charge in [0.05, 0.1) is 27.8 Å². The Hall–Kier alpha value is -8.54. The quantitative estimate of drug-likeness (QED) is 0.160. The fourth-order valence-corrected chi connectivity index (χ4v) is 9.56. The number of benzene rings is 10. The molecule has 0 aliphatic carbocycles. The summed E-state index contributed by atoms with van der Waals surface area (Å²) in [4.78, 5) is 4.69. The van der Waals surface area contributed by atoms with Crippen LogP contribution in [-0.2, 0) is 0 Å². The zero-order chi connectivity index (χ0) is 41.4. The van der Waals surface area contributed by atoms with Gasteiger partial charge in [-0.3, -0.25) is 0 Å². The molecule has 0 atom stereocenters. The molecule has 0 aliphatic rings. The Labute approximate surface area is 361 Å². The first-order valence-electron chi connectivity index (χ1n) is 21.2. The van der Waals surface area contributed by atoms with Crippen molar-refractivity contribution < 1.29 is 13.3 Å². The zero-order valence-corrected chi connectivity index (χ0v) is 33.9. The summed E-state index contributed by atoms with van der Waals surface area (Å²) in [5.74, 6) is 0. The number of nitrogens with zero attached hydrogens (tertiary/aromatic N) is 2. The molecular formula is C58H36N2O3. The van der Waals surface area contributed by atoms with E-state index in [0.717, 1.165) is 122 Å². The molecule has 3 aromatic heterocycles. The van der Waals surface area contributed by atoms with Crippen LogP contribution in [0.25, 0.3) is 87.7 Å². The number of fused-ring (bicyclic) bond motifs is 11. The van der Waals surface area contributed by atoms with E-state index in [2.05, 4.69) is 204 Å². The monoisotopic (exact) mass is 808 g/mol. The van der Waals surface area contributed by atoms with Crippen LogP contribution in [-0.4, -0.2) is 0 Å². The molecule has 296 valence electrons. The van der Waals surface area contributed by atoms with Gasteiger partial charge in [-0.05, 0) is 89.3 Å². The number of hydrogen-bond acceptors (Lipinski definition) is 5. The van der Waals surface area contributed by atoms with Crippen molar-refractivity contribution in [1.29, 1.82) is 0 Å². The van der Waals surface area contributed by atoms with E-state index in [1.54, 1.807) is 0 Å². The summed E-state index contributed by atoms with van der Waals surface area (Å²) in [5, 5.41) is 8.50. The molecular weight excluding hydrogens is 773 g/mol. The molecule has 0 N–H and O–H groups in total. The third-order valence-electron chi connectivity index (χ3n) is 12.4. The van der Waals surface area contributed by atoms with E-state index in [1.807, 2.05) is 24.3 Å². The summed E-state index contributed by atoms with van der Waals surface area (Å²) in [6.07, 6.45) is 0. The maximum atomic E-state index is 7.13. The third kappa shape index (κ3) is 5.64. The molecule has 0 fully saturated rings. The highest BCUT2D eigenvalue weighted by molar-refractivity contribution is 6.22. The van der Waals surface area contributed by atoms with Crippen molar-refractivity contribution in [3.63, 3.8) is 0 Å². The van der Waals surface area contributed by atoms with E-state index in [0.29, 0.717) is 0 Å². The minimum Gasteiger partial charge on any atom is -0.456 e. The van der Waals surface area contributed by atoms with Crippen molar-refractivity contribution in [3.8, 4) is 11.1 Å². The first-order chi connectivity index (χ1) is 31.2. The van der Waals surface area contributed by atoms with Gasteiger partial charge in [-0.1, -0.05) is 133 Å². The molecule has 0 unspecified atom stereocenters. The lowest BCUT2D eigenvalue weighted by Gasteiger charge is -2.30. The van der Waals surface area contributed by atoms with Crippen LogP contribution in [0.2, 0.25) is 0 Å². The average molecular weight is 809 g/mol. The maximum absolute atomic E-state index is 7.13. The molecule has 0 spiro atoms. The SMILES string of the molecule is c1ccc(-c2ccc(N(c3cccc4oc5ccccc5c34)c3cc(N(c4ccccc4)c4ccc5c(c4)oc4ccccc45)cc4oc5c6ccccc6ccc5c34)cc2)cc1. The van der Waals surface area contributed by atoms with Crippen LogP contribution in [0.15, 0.2) is 232 Å². The second-order valence-electron chi connectivity index (χ2n) is 16.0. The lowest BCUT2D eigenvalue weighted by Crippen LogP contribution is -2.14. The van der Waals surface area contributed by atoms with Crippen LogP contribution in [0.3, 0.4) is 0 Å². The molecule has 5 nitrogen and oxygen atoms in total. The highest BCUT2D eigenvalue weighted by atomic mass is 16.3. The summed E-state index contributed by atoms with van der Waals surface area (Å²) < 4.78 is 20.2. The summed E-state index contributed by atoms with van der Waals surface area (Å²) >= 11 is 0. The Balaban J connectivity index is 1.13. The van der Waals surface area contributed by atoms with Gasteiger partial charge in [0.25, 0.3) is 0 Å². The highest BCUT2D eigenvalue weighted by Gasteiger charge is 2.27. The summed E-state index contributed by atoms with van der Waals surface area (Å²) in [5.41, 5.74) is 13.1. The molecule has 0 saturated carbocycles. The van der Waals surface area contributed by atoms with E-state index in [1.165, 1.54) is 0 Å². The van der Waals surface area contributed by atoms with Gasteiger partial charge in [0.1, 0.15) is 33.5 Å². The van der Waals surface area contributed by atoms with E-state index in [4.69, 9.17) is 13.3 Å². The first kappa shape index (κ1) is 35.2. The van der Waals surface area contributed by atoms with Gasteiger partial charge in [-0.25, -0.2) is 0 Å². The Morgan fingerprint density at radius 2 is 0.841 bits per heavy atom. The summed E-state index contributed by atoms with van der Waals surface area (Å²) in [6.45, 7) is 0. The standard InChI is InChI=1S/C58H36N2O3/c1-3-14-37(15-4-1)38-26-29-41(30-27-38)60(49-22-13-25-53-56(49)47-21-10-12-24-52(47)61-53)50-34-43(36-55-57(50)48-32-28-39-16-7-8-19-44(39)58(48)63-55)59(40-17-5-2-6-18-40)42-31-33-46-45-20-9-11-23-51(45)62-54(46)35-42/h1-36H. The predicted molar refractivity (Wildman–Crippen MR) is 261 cm³/mol. The second-order valence-corrected chi connectivity index (χ2v) is 16.0. The summed E-state index contributed by atoms with van der Waals surface area (Å²) in [7, 11) is 0. The van der Waals surface area contributed by atoms with Crippen LogP contribution in [0.4, 0.5) is 34.1 Å². The van der Waals surface area contributed by atoms with Gasteiger partial charge in [-0.2, -0.15) is 0 Å². The molecule has 13 rings (SSSR count). The Kier molecular flexibility index (Phi) is 7.84. The Morgan fingerprint density at radius 3 is 1.67 bits per heavy atom. The minimum absolute atomic E-state index is 0.773. The predicted octanol–water partition coefficient (Wildman–Crippen LogP) is 17.1. The zero-order valence-electron chi connectivity index (χ0n) is 33.9. The van der Waals surface area contributed by atoms with Crippen LogP contribution in [0.5, 0.6) is 0 Å². The van der Waals surface area contributed by atoms with Crippen molar-refractivity contribution in [3.05, 3.63) is 218 Å². The molecule has 63 heavy (non-hydrogen) atoms. The number of para-hydroxylation sites is 3. The summed E-state index contributed by atoms with van der Waals surface area (Å²) in [6, 6.07) is 76.7. The molecule has 13 aromatic rings. The fourth-order valence-electron chi connectivity index (χ4n) is 9.56. The van der Waals surface area contributed by atoms with Crippen molar-refractivity contribution in [2.75, 3.05) is 9.80 Å². The van der Waals surface area contributed by atoms with E-state index >= 15 is 0 Å². The van der Waals surface area contributed by atoms with E-state index in [9.17, 15) is 0 Å². The highest BCUT2D eigenvalue weighted by Crippen LogP contribution is 2.51. The lowest BCUT2D eigenvalue weighted by atomic mass is 10.0. The van der Waals surface area contributed by atoms with Gasteiger partial charge in [-0.15, -0.1) is 0 Å². The number of furan rings is 3. The Bertz CT molecular complexity index is 3860. The van der Waals surface area contributed by atoms with Crippen molar-refractivity contribution in [1.82, 2.24) is 0 Å². The molecule has 3 heterocycles. The number of anilines is 6. The lowest BCUT2D eigenvalue weighted by molar-refractivity contribution is 0.668. The molecule has 10 aromatic carbocycles. The van der Waals surface area contributed by atoms with Crippen LogP contribution in [0, 0.1) is 0 Å². The topological polar surface area (TPSA) is 45.9 Å². The van der Waals surface area contributed by atoms with Gasteiger partial charge >= 0.3 is 0 Å². The normalized spacial score (nSPS) is 11.8. The van der Waals surface area contributed by atoms with Gasteiger partial charge in [0.2, 0.25) is 0 Å². The first-order valence-corrected chi connectivity index (χ1v) is 21.2. The van der Waals surface area contributed by atoms with Crippen LogP contribution in [0.1, 0.15) is 0 Å². The molecule has 0 amide bonds. The van der Waals surface area contributed by atoms with Crippen LogP contribution < -0.4 is 9.80 Å². The molecule has 0 aliphatic heterocycles. The fraction of sp³-hybridized carbons (Fsp3) is 0. The van der Waals surface area contributed by atoms with E-state index < -0.39 is 0 Å². The maximum Gasteiger partial charge on any atom is 0.143 e. The Morgan fingerprint density at radius 1 is 0.270 bits per heavy atom. The minimum atomic E-state index is 0.773. The number of rotatable bonds is 7. The largest absolute Gasteiger partial charge is 0.456 e. The van der Waals surface area contributed by atoms with Gasteiger partial charge < -0.3 is 23.1 Å². The van der Waals surface area contributed by atoms with Gasteiger partial charge in [0.15, 0.2) is 0 Å². The molecule has 5 heteroatoms. The third-order valence-corrected chi connectivity index (χ3v) is 12.4. The second kappa shape index (κ2) is 14.0. The van der Waals surface area contributed by atoms with E-state index in [-0.39, 0.29) is 0 Å². The van der Waals surface area contributed by atoms with Crippen molar-refractivity contribution in [2.45, 2.75) is 0 Å². The average Bonchev–Trinajstić information content (AvgIpc) is 4.04. The molecule has 0 bridgehead atoms. The van der Waals surface area contributed by atoms with Crippen LogP contribution >= 0.6 is 0 Å². The van der Waals surface area contributed by atoms with Crippen molar-refractivity contribution >= 4 is 111 Å². The van der Waals surface area contributed by atoms with Crippen molar-refractivity contribution in [2.24, 2.45) is 0 Å². The molecule has 0 radical (unpaired) electrons. The molecule has 0 saturated heterocycles.